The average Bonchev–Trinajstić information content (AvgIpc) is 3.06. The maximum Gasteiger partial charge on any atom is 0.319 e. The first kappa shape index (κ1) is 19.4. The number of likely N-dealkylation sites (tertiary alicyclic amines) is 1. The van der Waals surface area contributed by atoms with Crippen molar-refractivity contribution in [1.82, 2.24) is 20.0 Å². The largest absolute Gasteiger partial charge is 0.336 e. The van der Waals surface area contributed by atoms with E-state index in [0.717, 1.165) is 24.5 Å². The number of urea groups is 1. The second kappa shape index (κ2) is 9.55. The fraction of sp³-hybridized carbons (Fsp3) is 0.524. The van der Waals surface area contributed by atoms with E-state index in [1.54, 1.807) is 10.9 Å². The summed E-state index contributed by atoms with van der Waals surface area (Å²) in [4.78, 5) is 15.0. The highest BCUT2D eigenvalue weighted by Crippen LogP contribution is 2.17. The monoisotopic (exact) mass is 369 g/mol. The van der Waals surface area contributed by atoms with Crippen LogP contribution in [0.5, 0.6) is 0 Å². The van der Waals surface area contributed by atoms with Gasteiger partial charge >= 0.3 is 6.03 Å². The third-order valence-electron chi connectivity index (χ3n) is 5.22. The van der Waals surface area contributed by atoms with Gasteiger partial charge in [0.15, 0.2) is 0 Å². The summed E-state index contributed by atoms with van der Waals surface area (Å²) < 4.78 is 1.78. The summed E-state index contributed by atoms with van der Waals surface area (Å²) in [6, 6.07) is 9.78. The van der Waals surface area contributed by atoms with Gasteiger partial charge in [0.1, 0.15) is 0 Å². The molecule has 0 saturated carbocycles. The van der Waals surface area contributed by atoms with Gasteiger partial charge < -0.3 is 10.6 Å². The molecule has 1 saturated heterocycles. The van der Waals surface area contributed by atoms with E-state index in [2.05, 4.69) is 34.5 Å². The number of benzene rings is 1. The smallest absolute Gasteiger partial charge is 0.319 e. The van der Waals surface area contributed by atoms with E-state index in [1.807, 2.05) is 36.5 Å². The molecule has 0 bridgehead atoms. The van der Waals surface area contributed by atoms with E-state index >= 15 is 0 Å². The molecule has 2 amide bonds. The van der Waals surface area contributed by atoms with Crippen LogP contribution in [0, 0.1) is 5.92 Å². The van der Waals surface area contributed by atoms with Crippen LogP contribution in [-0.4, -0.2) is 46.4 Å². The van der Waals surface area contributed by atoms with Crippen molar-refractivity contribution in [3.05, 3.63) is 42.7 Å². The molecule has 6 nitrogen and oxygen atoms in total. The average molecular weight is 370 g/mol. The summed E-state index contributed by atoms with van der Waals surface area (Å²) in [6.45, 7) is 7.42. The maximum atomic E-state index is 12.4. The number of hydrogen-bond donors (Lipinski definition) is 2. The van der Waals surface area contributed by atoms with Gasteiger partial charge in [-0.15, -0.1) is 0 Å². The van der Waals surface area contributed by atoms with E-state index in [0.29, 0.717) is 18.5 Å². The van der Waals surface area contributed by atoms with Crippen LogP contribution in [0.15, 0.2) is 42.7 Å². The highest BCUT2D eigenvalue weighted by molar-refractivity contribution is 5.89. The second-order valence-corrected chi connectivity index (χ2v) is 7.60. The highest BCUT2D eigenvalue weighted by atomic mass is 16.2. The molecular weight excluding hydrogens is 338 g/mol. The second-order valence-electron chi connectivity index (χ2n) is 7.60. The number of nitrogens with one attached hydrogen (secondary N) is 2. The number of aromatic nitrogens is 2. The third kappa shape index (κ3) is 5.57. The van der Waals surface area contributed by atoms with Crippen LogP contribution in [0.2, 0.25) is 0 Å². The molecule has 146 valence electrons. The van der Waals surface area contributed by atoms with Crippen molar-refractivity contribution in [2.75, 3.05) is 25.0 Å². The fourth-order valence-corrected chi connectivity index (χ4v) is 3.73. The lowest BCUT2D eigenvalue weighted by Crippen LogP contribution is -2.48. The number of hydrogen-bond acceptors (Lipinski definition) is 3. The summed E-state index contributed by atoms with van der Waals surface area (Å²) in [5.41, 5.74) is 1.68. The van der Waals surface area contributed by atoms with E-state index in [1.165, 1.54) is 25.7 Å². The van der Waals surface area contributed by atoms with Gasteiger partial charge in [0.05, 0.1) is 5.69 Å². The van der Waals surface area contributed by atoms with Gasteiger partial charge in [-0.3, -0.25) is 4.90 Å². The maximum absolute atomic E-state index is 12.4. The molecular formula is C21H31N5O. The van der Waals surface area contributed by atoms with E-state index in [9.17, 15) is 4.79 Å². The lowest BCUT2D eigenvalue weighted by molar-refractivity contribution is 0.158. The normalized spacial score (nSPS) is 16.7. The Kier molecular flexibility index (Phi) is 6.87. The standard InChI is InChI=1S/C21H31N5O/c1-17(2)20(25-12-5-3-4-6-13-25)16-22-21(27)24-18-9-7-10-19(15-18)26-14-8-11-23-26/h7-11,14-15,17,20H,3-6,12-13,16H2,1-2H3,(H2,22,24,27)/t20-/m1/s1. The van der Waals surface area contributed by atoms with Crippen molar-refractivity contribution >= 4 is 11.7 Å². The van der Waals surface area contributed by atoms with Crippen molar-refractivity contribution in [2.24, 2.45) is 5.92 Å². The molecule has 6 heteroatoms. The molecule has 1 aliphatic heterocycles. The predicted octanol–water partition coefficient (Wildman–Crippen LogP) is 3.89. The quantitative estimate of drug-likeness (QED) is 0.812. The van der Waals surface area contributed by atoms with Crippen LogP contribution in [0.25, 0.3) is 5.69 Å². The molecule has 1 fully saturated rings. The summed E-state index contributed by atoms with van der Waals surface area (Å²) >= 11 is 0. The Hall–Kier alpha value is -2.34. The molecule has 0 unspecified atom stereocenters. The zero-order chi connectivity index (χ0) is 19.1. The number of rotatable bonds is 6. The molecule has 1 atom stereocenters. The number of anilines is 1. The number of amides is 2. The summed E-state index contributed by atoms with van der Waals surface area (Å²) in [6.07, 6.45) is 8.78. The number of nitrogens with zero attached hydrogens (tertiary/aromatic N) is 3. The Labute approximate surface area is 161 Å². The Morgan fingerprint density at radius 2 is 1.93 bits per heavy atom. The van der Waals surface area contributed by atoms with E-state index < -0.39 is 0 Å². The van der Waals surface area contributed by atoms with Gasteiger partial charge in [-0.25, -0.2) is 9.48 Å². The fourth-order valence-electron chi connectivity index (χ4n) is 3.73. The van der Waals surface area contributed by atoms with Gasteiger partial charge in [-0.1, -0.05) is 32.8 Å². The first-order valence-electron chi connectivity index (χ1n) is 10.0. The molecule has 1 aliphatic rings. The molecule has 27 heavy (non-hydrogen) atoms. The molecule has 0 aliphatic carbocycles. The van der Waals surface area contributed by atoms with Crippen LogP contribution in [-0.2, 0) is 0 Å². The molecule has 1 aromatic carbocycles. The van der Waals surface area contributed by atoms with Crippen molar-refractivity contribution in [3.63, 3.8) is 0 Å². The SMILES string of the molecule is CC(C)[C@@H](CNC(=O)Nc1cccc(-n2cccn2)c1)N1CCCCCC1. The lowest BCUT2D eigenvalue weighted by atomic mass is 10.0. The van der Waals surface area contributed by atoms with Crippen LogP contribution in [0.1, 0.15) is 39.5 Å². The van der Waals surface area contributed by atoms with Crippen LogP contribution in [0.3, 0.4) is 0 Å². The summed E-state index contributed by atoms with van der Waals surface area (Å²) in [5, 5.41) is 10.2. The predicted molar refractivity (Wildman–Crippen MR) is 109 cm³/mol. The molecule has 0 radical (unpaired) electrons. The van der Waals surface area contributed by atoms with Gasteiger partial charge in [0.25, 0.3) is 0 Å². The van der Waals surface area contributed by atoms with Gasteiger partial charge in [0.2, 0.25) is 0 Å². The highest BCUT2D eigenvalue weighted by Gasteiger charge is 2.23. The van der Waals surface area contributed by atoms with Crippen LogP contribution in [0.4, 0.5) is 10.5 Å². The van der Waals surface area contributed by atoms with Crippen molar-refractivity contribution in [3.8, 4) is 5.69 Å². The molecule has 0 spiro atoms. The molecule has 2 aromatic rings. The van der Waals surface area contributed by atoms with Gasteiger partial charge in [-0.05, 0) is 56.1 Å². The number of carbonyl (C=O) groups excluding carboxylic acids is 1. The van der Waals surface area contributed by atoms with Crippen LogP contribution >= 0.6 is 0 Å². The molecule has 2 N–H and O–H groups in total. The zero-order valence-corrected chi connectivity index (χ0v) is 16.4. The van der Waals surface area contributed by atoms with Gasteiger partial charge in [0, 0.05) is 30.7 Å². The Bertz CT molecular complexity index is 705. The topological polar surface area (TPSA) is 62.2 Å². The summed E-state index contributed by atoms with van der Waals surface area (Å²) in [5.74, 6) is 0.506. The van der Waals surface area contributed by atoms with E-state index in [-0.39, 0.29) is 6.03 Å². The first-order chi connectivity index (χ1) is 13.1. The zero-order valence-electron chi connectivity index (χ0n) is 16.4. The lowest BCUT2D eigenvalue weighted by Gasteiger charge is -2.33. The summed E-state index contributed by atoms with van der Waals surface area (Å²) in [7, 11) is 0. The van der Waals surface area contributed by atoms with Crippen LogP contribution < -0.4 is 10.6 Å². The molecule has 1 aromatic heterocycles. The third-order valence-corrected chi connectivity index (χ3v) is 5.22. The molecule has 3 rings (SSSR count). The first-order valence-corrected chi connectivity index (χ1v) is 10.0. The Balaban J connectivity index is 1.56. The minimum absolute atomic E-state index is 0.159. The van der Waals surface area contributed by atoms with Crippen molar-refractivity contribution < 1.29 is 4.79 Å². The Morgan fingerprint density at radius 1 is 1.15 bits per heavy atom. The Morgan fingerprint density at radius 3 is 2.59 bits per heavy atom. The minimum Gasteiger partial charge on any atom is -0.336 e. The minimum atomic E-state index is -0.159. The number of carbonyl (C=O) groups is 1. The van der Waals surface area contributed by atoms with Crippen molar-refractivity contribution in [1.29, 1.82) is 0 Å². The van der Waals surface area contributed by atoms with E-state index in [4.69, 9.17) is 0 Å². The van der Waals surface area contributed by atoms with Crippen molar-refractivity contribution in [2.45, 2.75) is 45.6 Å². The molecule has 2 heterocycles. The van der Waals surface area contributed by atoms with Gasteiger partial charge in [-0.2, -0.15) is 5.10 Å².